The molecule has 1 rings (SSSR count). The molecule has 0 fully saturated rings. The van der Waals surface area contributed by atoms with Crippen LogP contribution in [0.5, 0.6) is 0 Å². The highest BCUT2D eigenvalue weighted by molar-refractivity contribution is 5.39. The lowest BCUT2D eigenvalue weighted by Crippen LogP contribution is -2.26. The Morgan fingerprint density at radius 2 is 2.25 bits per heavy atom. The summed E-state index contributed by atoms with van der Waals surface area (Å²) in [6, 6.07) is 0.439. The zero-order chi connectivity index (χ0) is 12.0. The fraction of sp³-hybridized carbons (Fsp3) is 0.750. The second-order valence-electron chi connectivity index (χ2n) is 4.36. The molecule has 0 amide bonds. The number of hydrogen-bond donors (Lipinski definition) is 1. The standard InChI is InChI=1S/C12H23N3O/c1-5-15-9-11(8-13-15)14-12(10(2)3)6-7-16-4/h8-10,12,14H,5-7H2,1-4H3. The normalized spacial score (nSPS) is 13.1. The summed E-state index contributed by atoms with van der Waals surface area (Å²) in [7, 11) is 1.74. The summed E-state index contributed by atoms with van der Waals surface area (Å²) in [6.45, 7) is 8.22. The second-order valence-corrected chi connectivity index (χ2v) is 4.36. The highest BCUT2D eigenvalue weighted by Gasteiger charge is 2.13. The van der Waals surface area contributed by atoms with E-state index in [4.69, 9.17) is 4.74 Å². The van der Waals surface area contributed by atoms with E-state index in [1.165, 1.54) is 0 Å². The summed E-state index contributed by atoms with van der Waals surface area (Å²) in [6.07, 6.45) is 4.94. The van der Waals surface area contributed by atoms with Crippen LogP contribution in [-0.4, -0.2) is 29.5 Å². The largest absolute Gasteiger partial charge is 0.385 e. The van der Waals surface area contributed by atoms with Crippen molar-refractivity contribution in [3.8, 4) is 0 Å². The maximum absolute atomic E-state index is 5.13. The molecule has 0 aliphatic rings. The number of methoxy groups -OCH3 is 1. The zero-order valence-electron chi connectivity index (χ0n) is 10.7. The monoisotopic (exact) mass is 225 g/mol. The summed E-state index contributed by atoms with van der Waals surface area (Å²) < 4.78 is 7.05. The average Bonchev–Trinajstić information content (AvgIpc) is 2.71. The molecule has 1 aromatic heterocycles. The van der Waals surface area contributed by atoms with Crippen LogP contribution in [0.1, 0.15) is 27.2 Å². The van der Waals surface area contributed by atoms with Gasteiger partial charge in [0.1, 0.15) is 0 Å². The van der Waals surface area contributed by atoms with Gasteiger partial charge in [0, 0.05) is 32.5 Å². The predicted molar refractivity (Wildman–Crippen MR) is 66.6 cm³/mol. The minimum atomic E-state index is 0.439. The van der Waals surface area contributed by atoms with Gasteiger partial charge in [-0.05, 0) is 19.3 Å². The van der Waals surface area contributed by atoms with Crippen molar-refractivity contribution in [1.82, 2.24) is 9.78 Å². The average molecular weight is 225 g/mol. The summed E-state index contributed by atoms with van der Waals surface area (Å²) in [4.78, 5) is 0. The first-order chi connectivity index (χ1) is 7.67. The molecule has 0 saturated carbocycles. The lowest BCUT2D eigenvalue weighted by molar-refractivity contribution is 0.184. The van der Waals surface area contributed by atoms with Crippen LogP contribution in [0.3, 0.4) is 0 Å². The first kappa shape index (κ1) is 13.0. The van der Waals surface area contributed by atoms with E-state index in [0.717, 1.165) is 25.3 Å². The van der Waals surface area contributed by atoms with Crippen LogP contribution in [0.15, 0.2) is 12.4 Å². The van der Waals surface area contributed by atoms with Gasteiger partial charge in [0.2, 0.25) is 0 Å². The van der Waals surface area contributed by atoms with Gasteiger partial charge in [0.05, 0.1) is 11.9 Å². The Balaban J connectivity index is 2.53. The van der Waals surface area contributed by atoms with Gasteiger partial charge < -0.3 is 10.1 Å². The Morgan fingerprint density at radius 3 is 2.75 bits per heavy atom. The molecule has 4 nitrogen and oxygen atoms in total. The number of nitrogens with one attached hydrogen (secondary N) is 1. The fourth-order valence-corrected chi connectivity index (χ4v) is 1.64. The number of rotatable bonds is 7. The van der Waals surface area contributed by atoms with Crippen molar-refractivity contribution >= 4 is 5.69 Å². The first-order valence-electron chi connectivity index (χ1n) is 5.95. The van der Waals surface area contributed by atoms with Crippen LogP contribution < -0.4 is 5.32 Å². The van der Waals surface area contributed by atoms with Crippen LogP contribution in [0.2, 0.25) is 0 Å². The molecule has 4 heteroatoms. The topological polar surface area (TPSA) is 39.1 Å². The van der Waals surface area contributed by atoms with Gasteiger partial charge in [-0.2, -0.15) is 5.10 Å². The van der Waals surface area contributed by atoms with Crippen molar-refractivity contribution in [2.45, 2.75) is 39.8 Å². The fourth-order valence-electron chi connectivity index (χ4n) is 1.64. The number of hydrogen-bond acceptors (Lipinski definition) is 3. The third-order valence-electron chi connectivity index (χ3n) is 2.75. The molecule has 1 heterocycles. The molecule has 92 valence electrons. The van der Waals surface area contributed by atoms with Crippen LogP contribution in [0, 0.1) is 5.92 Å². The van der Waals surface area contributed by atoms with Crippen molar-refractivity contribution in [3.63, 3.8) is 0 Å². The van der Waals surface area contributed by atoms with Gasteiger partial charge in [-0.25, -0.2) is 0 Å². The number of aryl methyl sites for hydroxylation is 1. The summed E-state index contributed by atoms with van der Waals surface area (Å²) >= 11 is 0. The third kappa shape index (κ3) is 3.85. The predicted octanol–water partition coefficient (Wildman–Crippen LogP) is 2.38. The molecule has 0 spiro atoms. The molecule has 0 saturated heterocycles. The van der Waals surface area contributed by atoms with Gasteiger partial charge in [-0.1, -0.05) is 13.8 Å². The Bertz CT molecular complexity index is 296. The highest BCUT2D eigenvalue weighted by Crippen LogP contribution is 2.14. The van der Waals surface area contributed by atoms with E-state index >= 15 is 0 Å². The Labute approximate surface area is 98.0 Å². The van der Waals surface area contributed by atoms with Crippen molar-refractivity contribution in [2.75, 3.05) is 19.0 Å². The van der Waals surface area contributed by atoms with E-state index in [1.807, 2.05) is 17.1 Å². The lowest BCUT2D eigenvalue weighted by atomic mass is 10.0. The molecule has 0 radical (unpaired) electrons. The van der Waals surface area contributed by atoms with Gasteiger partial charge in [-0.3, -0.25) is 4.68 Å². The van der Waals surface area contributed by atoms with E-state index in [9.17, 15) is 0 Å². The molecule has 1 N–H and O–H groups in total. The number of anilines is 1. The van der Waals surface area contributed by atoms with Gasteiger partial charge in [0.25, 0.3) is 0 Å². The molecular weight excluding hydrogens is 202 g/mol. The third-order valence-corrected chi connectivity index (χ3v) is 2.75. The molecule has 0 aromatic carbocycles. The van der Waals surface area contributed by atoms with E-state index < -0.39 is 0 Å². The quantitative estimate of drug-likeness (QED) is 0.774. The molecule has 16 heavy (non-hydrogen) atoms. The molecule has 0 aliphatic carbocycles. The summed E-state index contributed by atoms with van der Waals surface area (Å²) in [5, 5.41) is 7.75. The maximum Gasteiger partial charge on any atom is 0.0728 e. The molecule has 1 atom stereocenters. The van der Waals surface area contributed by atoms with Crippen LogP contribution in [0.4, 0.5) is 5.69 Å². The minimum absolute atomic E-state index is 0.439. The maximum atomic E-state index is 5.13. The lowest BCUT2D eigenvalue weighted by Gasteiger charge is -2.22. The van der Waals surface area contributed by atoms with E-state index in [0.29, 0.717) is 12.0 Å². The van der Waals surface area contributed by atoms with E-state index in [1.54, 1.807) is 7.11 Å². The number of aromatic nitrogens is 2. The van der Waals surface area contributed by atoms with Crippen molar-refractivity contribution < 1.29 is 4.74 Å². The molecule has 0 bridgehead atoms. The zero-order valence-corrected chi connectivity index (χ0v) is 10.7. The molecule has 0 aliphatic heterocycles. The highest BCUT2D eigenvalue weighted by atomic mass is 16.5. The minimum Gasteiger partial charge on any atom is -0.385 e. The van der Waals surface area contributed by atoms with Gasteiger partial charge in [-0.15, -0.1) is 0 Å². The molecular formula is C12H23N3O. The Hall–Kier alpha value is -1.03. The Kier molecular flexibility index (Phi) is 5.32. The summed E-state index contributed by atoms with van der Waals surface area (Å²) in [5.41, 5.74) is 1.09. The van der Waals surface area contributed by atoms with Crippen LogP contribution >= 0.6 is 0 Å². The van der Waals surface area contributed by atoms with Crippen molar-refractivity contribution in [2.24, 2.45) is 5.92 Å². The Morgan fingerprint density at radius 1 is 1.50 bits per heavy atom. The smallest absolute Gasteiger partial charge is 0.0728 e. The van der Waals surface area contributed by atoms with E-state index in [-0.39, 0.29) is 0 Å². The van der Waals surface area contributed by atoms with Gasteiger partial charge in [0.15, 0.2) is 0 Å². The van der Waals surface area contributed by atoms with Crippen molar-refractivity contribution in [1.29, 1.82) is 0 Å². The summed E-state index contributed by atoms with van der Waals surface area (Å²) in [5.74, 6) is 0.583. The van der Waals surface area contributed by atoms with E-state index in [2.05, 4.69) is 31.2 Å². The number of nitrogens with zero attached hydrogens (tertiary/aromatic N) is 2. The SMILES string of the molecule is CCn1cc(NC(CCOC)C(C)C)cn1. The molecule has 1 unspecified atom stereocenters. The molecule has 1 aromatic rings. The number of ether oxygens (including phenoxy) is 1. The van der Waals surface area contributed by atoms with Gasteiger partial charge >= 0.3 is 0 Å². The van der Waals surface area contributed by atoms with Crippen molar-refractivity contribution in [3.05, 3.63) is 12.4 Å². The van der Waals surface area contributed by atoms with Crippen LogP contribution in [0.25, 0.3) is 0 Å². The van der Waals surface area contributed by atoms with Crippen LogP contribution in [-0.2, 0) is 11.3 Å². The second kappa shape index (κ2) is 6.53. The first-order valence-corrected chi connectivity index (χ1v) is 5.95.